The Morgan fingerprint density at radius 1 is 1.16 bits per heavy atom. The predicted octanol–water partition coefficient (Wildman–Crippen LogP) is 5.40. The number of halogens is 2. The maximum Gasteiger partial charge on any atom is 0.338 e. The summed E-state index contributed by atoms with van der Waals surface area (Å²) in [6, 6.07) is 11.3. The molecule has 8 heteroatoms. The number of carbonyl (C=O) groups excluding carboxylic acids is 2. The van der Waals surface area contributed by atoms with Crippen molar-refractivity contribution in [3.05, 3.63) is 74.9 Å². The molecule has 31 heavy (non-hydrogen) atoms. The molecule has 0 bridgehead atoms. The van der Waals surface area contributed by atoms with Crippen molar-refractivity contribution in [3.63, 3.8) is 0 Å². The van der Waals surface area contributed by atoms with Crippen LogP contribution in [0.15, 0.2) is 53.7 Å². The van der Waals surface area contributed by atoms with E-state index in [0.29, 0.717) is 32.6 Å². The van der Waals surface area contributed by atoms with E-state index >= 15 is 0 Å². The van der Waals surface area contributed by atoms with Crippen molar-refractivity contribution in [2.45, 2.75) is 33.4 Å². The molecule has 2 N–H and O–H groups in total. The fraction of sp³-hybridized carbons (Fsp3) is 0.304. The minimum atomic E-state index is -0.720. The van der Waals surface area contributed by atoms with Crippen LogP contribution in [0.1, 0.15) is 37.9 Å². The first-order chi connectivity index (χ1) is 14.8. The smallest absolute Gasteiger partial charge is 0.338 e. The van der Waals surface area contributed by atoms with E-state index in [1.165, 1.54) is 0 Å². The number of amides is 2. The molecule has 0 aromatic heterocycles. The Bertz CT molecular complexity index is 1020. The lowest BCUT2D eigenvalue weighted by molar-refractivity contribution is -0.139. The molecule has 0 fully saturated rings. The highest BCUT2D eigenvalue weighted by Crippen LogP contribution is 2.36. The van der Waals surface area contributed by atoms with Crippen molar-refractivity contribution in [2.24, 2.45) is 5.92 Å². The molecular formula is C23H24Cl2N2O4. The number of hydrogen-bond acceptors (Lipinski definition) is 4. The number of nitrogens with one attached hydrogen (secondary N) is 2. The quantitative estimate of drug-likeness (QED) is 0.540. The van der Waals surface area contributed by atoms with Gasteiger partial charge >= 0.3 is 12.0 Å². The van der Waals surface area contributed by atoms with Crippen molar-refractivity contribution < 1.29 is 19.1 Å². The van der Waals surface area contributed by atoms with Gasteiger partial charge in [-0.1, -0.05) is 61.3 Å². The second-order valence-corrected chi connectivity index (χ2v) is 8.14. The summed E-state index contributed by atoms with van der Waals surface area (Å²) in [5.41, 5.74) is 2.29. The molecule has 0 saturated carbocycles. The van der Waals surface area contributed by atoms with Gasteiger partial charge in [0.25, 0.3) is 0 Å². The van der Waals surface area contributed by atoms with Crippen LogP contribution in [0.3, 0.4) is 0 Å². The molecule has 1 aliphatic heterocycles. The molecule has 2 aromatic carbocycles. The monoisotopic (exact) mass is 462 g/mol. The molecule has 0 aliphatic carbocycles. The second kappa shape index (κ2) is 10.1. The first-order valence-corrected chi connectivity index (χ1v) is 10.7. The maximum absolute atomic E-state index is 12.8. The van der Waals surface area contributed by atoms with Crippen molar-refractivity contribution >= 4 is 35.2 Å². The Kier molecular flexibility index (Phi) is 7.46. The normalized spacial score (nSPS) is 16.1. The molecule has 2 amide bonds. The lowest BCUT2D eigenvalue weighted by atomic mass is 9.91. The lowest BCUT2D eigenvalue weighted by Gasteiger charge is -2.31. The van der Waals surface area contributed by atoms with Crippen molar-refractivity contribution in [1.82, 2.24) is 10.6 Å². The van der Waals surface area contributed by atoms with Gasteiger partial charge in [0.1, 0.15) is 12.4 Å². The summed E-state index contributed by atoms with van der Waals surface area (Å²) in [7, 11) is 0. The van der Waals surface area contributed by atoms with Gasteiger partial charge in [0.15, 0.2) is 0 Å². The second-order valence-electron chi connectivity index (χ2n) is 7.30. The number of ether oxygens (including phenoxy) is 2. The number of benzene rings is 2. The van der Waals surface area contributed by atoms with Gasteiger partial charge in [-0.05, 0) is 31.0 Å². The van der Waals surface area contributed by atoms with Crippen LogP contribution in [0.4, 0.5) is 4.79 Å². The molecule has 1 atom stereocenters. The van der Waals surface area contributed by atoms with Crippen molar-refractivity contribution in [3.8, 4) is 5.75 Å². The largest absolute Gasteiger partial charge is 0.488 e. The average molecular weight is 463 g/mol. The summed E-state index contributed by atoms with van der Waals surface area (Å²) >= 11 is 12.2. The zero-order valence-electron chi connectivity index (χ0n) is 17.5. The first kappa shape index (κ1) is 23.0. The number of urea groups is 1. The molecule has 2 aromatic rings. The van der Waals surface area contributed by atoms with Gasteiger partial charge in [-0.3, -0.25) is 0 Å². The molecule has 0 saturated heterocycles. The highest BCUT2D eigenvalue weighted by atomic mass is 35.5. The van der Waals surface area contributed by atoms with E-state index < -0.39 is 18.0 Å². The Morgan fingerprint density at radius 3 is 2.58 bits per heavy atom. The van der Waals surface area contributed by atoms with Crippen molar-refractivity contribution in [1.29, 1.82) is 0 Å². The Morgan fingerprint density at radius 2 is 1.90 bits per heavy atom. The Labute approximate surface area is 191 Å². The zero-order chi connectivity index (χ0) is 22.5. The SMILES string of the molecule is CCOC(=O)C1=C(C(C)C)NC(=O)NC1c1ccccc1OCc1ccc(Cl)cc1Cl. The van der Waals surface area contributed by atoms with E-state index in [1.54, 1.807) is 31.2 Å². The summed E-state index contributed by atoms with van der Waals surface area (Å²) < 4.78 is 11.3. The van der Waals surface area contributed by atoms with E-state index in [2.05, 4.69) is 10.6 Å². The minimum Gasteiger partial charge on any atom is -0.488 e. The van der Waals surface area contributed by atoms with Gasteiger partial charge in [-0.25, -0.2) is 9.59 Å². The third-order valence-corrected chi connectivity index (χ3v) is 5.39. The topological polar surface area (TPSA) is 76.7 Å². The minimum absolute atomic E-state index is 0.0890. The van der Waals surface area contributed by atoms with Crippen LogP contribution in [0.25, 0.3) is 0 Å². The molecule has 0 spiro atoms. The number of rotatable bonds is 7. The lowest BCUT2D eigenvalue weighted by Crippen LogP contribution is -2.47. The predicted molar refractivity (Wildman–Crippen MR) is 120 cm³/mol. The van der Waals surface area contributed by atoms with Crippen LogP contribution < -0.4 is 15.4 Å². The number of carbonyl (C=O) groups is 2. The number of para-hydroxylation sites is 1. The Balaban J connectivity index is 1.99. The summed E-state index contributed by atoms with van der Waals surface area (Å²) in [6.45, 7) is 5.97. The summed E-state index contributed by atoms with van der Waals surface area (Å²) in [6.07, 6.45) is 0. The van der Waals surface area contributed by atoms with E-state index in [-0.39, 0.29) is 19.1 Å². The van der Waals surface area contributed by atoms with Crippen LogP contribution in [0.5, 0.6) is 5.75 Å². The molecule has 6 nitrogen and oxygen atoms in total. The number of esters is 1. The molecule has 1 unspecified atom stereocenters. The van der Waals surface area contributed by atoms with Gasteiger partial charge in [0.05, 0.1) is 18.2 Å². The fourth-order valence-corrected chi connectivity index (χ4v) is 3.82. The molecule has 3 rings (SSSR count). The molecule has 1 aliphatic rings. The highest BCUT2D eigenvalue weighted by molar-refractivity contribution is 6.35. The van der Waals surface area contributed by atoms with E-state index in [9.17, 15) is 9.59 Å². The summed E-state index contributed by atoms with van der Waals surface area (Å²) in [4.78, 5) is 25.2. The van der Waals surface area contributed by atoms with E-state index in [4.69, 9.17) is 32.7 Å². The van der Waals surface area contributed by atoms with Gasteiger partial charge in [-0.15, -0.1) is 0 Å². The van der Waals surface area contributed by atoms with Crippen LogP contribution in [0.2, 0.25) is 10.0 Å². The third kappa shape index (κ3) is 5.32. The van der Waals surface area contributed by atoms with Crippen LogP contribution in [0, 0.1) is 5.92 Å². The van der Waals surface area contributed by atoms with Crippen molar-refractivity contribution in [2.75, 3.05) is 6.61 Å². The molecule has 0 radical (unpaired) electrons. The summed E-state index contributed by atoms with van der Waals surface area (Å²) in [5, 5.41) is 6.62. The van der Waals surface area contributed by atoms with Gasteiger partial charge in [0.2, 0.25) is 0 Å². The number of hydrogen-bond donors (Lipinski definition) is 2. The van der Waals surface area contributed by atoms with Gasteiger partial charge in [-0.2, -0.15) is 0 Å². The van der Waals surface area contributed by atoms with Gasteiger partial charge < -0.3 is 20.1 Å². The average Bonchev–Trinajstić information content (AvgIpc) is 2.72. The zero-order valence-corrected chi connectivity index (χ0v) is 19.0. The highest BCUT2D eigenvalue weighted by Gasteiger charge is 2.36. The van der Waals surface area contributed by atoms with Crippen LogP contribution in [-0.4, -0.2) is 18.6 Å². The number of allylic oxidation sites excluding steroid dienone is 1. The molecule has 164 valence electrons. The Hall–Kier alpha value is -2.70. The van der Waals surface area contributed by atoms with E-state index in [0.717, 1.165) is 5.56 Å². The third-order valence-electron chi connectivity index (χ3n) is 4.80. The van der Waals surface area contributed by atoms with E-state index in [1.807, 2.05) is 32.0 Å². The fourth-order valence-electron chi connectivity index (χ4n) is 3.35. The first-order valence-electron chi connectivity index (χ1n) is 9.96. The van der Waals surface area contributed by atoms with Crippen LogP contribution >= 0.6 is 23.2 Å². The maximum atomic E-state index is 12.8. The van der Waals surface area contributed by atoms with Gasteiger partial charge in [0, 0.05) is 26.9 Å². The van der Waals surface area contributed by atoms with Crippen LogP contribution in [-0.2, 0) is 16.1 Å². The molecule has 1 heterocycles. The molecular weight excluding hydrogens is 439 g/mol. The summed E-state index contributed by atoms with van der Waals surface area (Å²) in [5.74, 6) is -0.0567. The standard InChI is InChI=1S/C23H24Cl2N2O4/c1-4-30-22(28)19-20(13(2)3)26-23(29)27-21(19)16-7-5-6-8-18(16)31-12-14-9-10-15(24)11-17(14)25/h5-11,13,21H,4,12H2,1-3H3,(H2,26,27,29).